The third-order valence-corrected chi connectivity index (χ3v) is 6.74. The number of rotatable bonds is 6. The number of anilines is 1. The number of fused-ring (bicyclic) bond motifs is 1. The molecule has 2 aromatic rings. The highest BCUT2D eigenvalue weighted by atomic mass is 32.2. The molecule has 2 fully saturated rings. The predicted molar refractivity (Wildman–Crippen MR) is 120 cm³/mol. The number of hydrogen-bond donors (Lipinski definition) is 1. The first-order valence-corrected chi connectivity index (χ1v) is 11.3. The van der Waals surface area contributed by atoms with Crippen LogP contribution in [0.4, 0.5) is 5.69 Å². The van der Waals surface area contributed by atoms with Crippen molar-refractivity contribution >= 4 is 40.2 Å². The highest BCUT2D eigenvalue weighted by molar-refractivity contribution is 7.99. The van der Waals surface area contributed by atoms with Gasteiger partial charge < -0.3 is 19.9 Å². The maximum atomic E-state index is 12.9. The molecule has 0 bridgehead atoms. The Kier molecular flexibility index (Phi) is 6.03. The van der Waals surface area contributed by atoms with Crippen molar-refractivity contribution in [1.82, 2.24) is 15.2 Å². The van der Waals surface area contributed by atoms with E-state index in [2.05, 4.69) is 28.2 Å². The highest BCUT2D eigenvalue weighted by Gasteiger charge is 2.39. The van der Waals surface area contributed by atoms with Gasteiger partial charge in [-0.2, -0.15) is 5.26 Å². The topological polar surface area (TPSA) is 98.6 Å². The Hall–Kier alpha value is -2.83. The van der Waals surface area contributed by atoms with E-state index in [0.717, 1.165) is 29.7 Å². The molecule has 4 rings (SSSR count). The summed E-state index contributed by atoms with van der Waals surface area (Å²) in [7, 11) is 1.72. The fourth-order valence-electron chi connectivity index (χ4n) is 4.17. The summed E-state index contributed by atoms with van der Waals surface area (Å²) in [5, 5.41) is 12.6. The summed E-state index contributed by atoms with van der Waals surface area (Å²) >= 11 is 1.54. The number of nitriles is 1. The van der Waals surface area contributed by atoms with Crippen LogP contribution in [0, 0.1) is 16.7 Å². The number of amides is 2. The van der Waals surface area contributed by atoms with Crippen LogP contribution in [0.3, 0.4) is 0 Å². The summed E-state index contributed by atoms with van der Waals surface area (Å²) in [4.78, 5) is 33.4. The summed E-state index contributed by atoms with van der Waals surface area (Å²) < 4.78 is 5.31. The van der Waals surface area contributed by atoms with E-state index in [1.165, 1.54) is 16.7 Å². The molecule has 31 heavy (non-hydrogen) atoms. The second kappa shape index (κ2) is 8.73. The lowest BCUT2D eigenvalue weighted by Crippen LogP contribution is -2.57. The van der Waals surface area contributed by atoms with Gasteiger partial charge in [-0.3, -0.25) is 14.6 Å². The van der Waals surface area contributed by atoms with Crippen LogP contribution in [0.5, 0.6) is 0 Å². The number of nitrogens with zero attached hydrogens (tertiary/aromatic N) is 4. The van der Waals surface area contributed by atoms with E-state index in [1.54, 1.807) is 19.4 Å². The Balaban J connectivity index is 1.48. The molecule has 3 heterocycles. The van der Waals surface area contributed by atoms with Crippen LogP contribution >= 0.6 is 11.8 Å². The lowest BCUT2D eigenvalue weighted by molar-refractivity contribution is -0.129. The second-order valence-corrected chi connectivity index (χ2v) is 9.35. The van der Waals surface area contributed by atoms with Crippen LogP contribution in [0.25, 0.3) is 10.9 Å². The molecular formula is C22H25N5O3S. The van der Waals surface area contributed by atoms with Crippen molar-refractivity contribution < 1.29 is 14.3 Å². The van der Waals surface area contributed by atoms with Crippen molar-refractivity contribution in [3.8, 4) is 6.07 Å². The lowest BCUT2D eigenvalue weighted by atomic mass is 9.82. The SMILES string of the molecule is COCC1(C)CN(c2ccc3nccc(C(=O)NCC(=O)N4CSC[C@H]4C#N)c3c2)C1. The molecule has 0 unspecified atom stereocenters. The average Bonchev–Trinajstić information content (AvgIpc) is 3.24. The number of benzene rings is 1. The fourth-order valence-corrected chi connectivity index (χ4v) is 5.28. The molecule has 1 N–H and O–H groups in total. The first-order valence-electron chi connectivity index (χ1n) is 10.1. The van der Waals surface area contributed by atoms with Gasteiger partial charge in [-0.1, -0.05) is 6.92 Å². The van der Waals surface area contributed by atoms with Crippen LogP contribution in [-0.2, 0) is 9.53 Å². The number of thioether (sulfide) groups is 1. The van der Waals surface area contributed by atoms with Crippen molar-refractivity contribution in [3.05, 3.63) is 36.0 Å². The van der Waals surface area contributed by atoms with E-state index in [1.807, 2.05) is 18.2 Å². The van der Waals surface area contributed by atoms with Gasteiger partial charge in [0.05, 0.1) is 36.2 Å². The Morgan fingerprint density at radius 3 is 2.94 bits per heavy atom. The average molecular weight is 440 g/mol. The fraction of sp³-hybridized carbons (Fsp3) is 0.455. The van der Waals surface area contributed by atoms with E-state index >= 15 is 0 Å². The summed E-state index contributed by atoms with van der Waals surface area (Å²) in [6.07, 6.45) is 1.60. The maximum absolute atomic E-state index is 12.9. The quantitative estimate of drug-likeness (QED) is 0.734. The molecule has 2 saturated heterocycles. The Morgan fingerprint density at radius 1 is 1.39 bits per heavy atom. The van der Waals surface area contributed by atoms with E-state index in [-0.39, 0.29) is 23.8 Å². The summed E-state index contributed by atoms with van der Waals surface area (Å²) in [6, 6.07) is 9.28. The molecule has 1 atom stereocenters. The van der Waals surface area contributed by atoms with Gasteiger partial charge >= 0.3 is 0 Å². The molecule has 0 radical (unpaired) electrons. The normalized spacial score (nSPS) is 19.7. The van der Waals surface area contributed by atoms with Crippen molar-refractivity contribution in [2.24, 2.45) is 5.41 Å². The van der Waals surface area contributed by atoms with Crippen molar-refractivity contribution in [2.75, 3.05) is 49.9 Å². The number of hydrogen-bond acceptors (Lipinski definition) is 7. The summed E-state index contributed by atoms with van der Waals surface area (Å²) in [6.45, 7) is 4.54. The molecule has 1 aromatic heterocycles. The van der Waals surface area contributed by atoms with Gasteiger partial charge in [-0.05, 0) is 24.3 Å². The predicted octanol–water partition coefficient (Wildman–Crippen LogP) is 1.86. The second-order valence-electron chi connectivity index (χ2n) is 8.35. The molecule has 8 nitrogen and oxygen atoms in total. The van der Waals surface area contributed by atoms with E-state index in [0.29, 0.717) is 23.8 Å². The molecule has 0 saturated carbocycles. The van der Waals surface area contributed by atoms with Crippen LogP contribution in [0.2, 0.25) is 0 Å². The Labute approximate surface area is 185 Å². The molecule has 162 valence electrons. The number of ether oxygens (including phenoxy) is 1. The Morgan fingerprint density at radius 2 is 2.19 bits per heavy atom. The third kappa shape index (κ3) is 4.31. The van der Waals surface area contributed by atoms with Gasteiger partial charge in [-0.15, -0.1) is 11.8 Å². The maximum Gasteiger partial charge on any atom is 0.252 e. The first kappa shape index (κ1) is 21.4. The molecule has 2 aliphatic rings. The molecular weight excluding hydrogens is 414 g/mol. The number of carbonyl (C=O) groups is 2. The Bertz CT molecular complexity index is 1050. The zero-order chi connectivity index (χ0) is 22.0. The lowest BCUT2D eigenvalue weighted by Gasteiger charge is -2.49. The van der Waals surface area contributed by atoms with Gasteiger partial charge in [0, 0.05) is 48.6 Å². The summed E-state index contributed by atoms with van der Waals surface area (Å²) in [5.41, 5.74) is 2.37. The monoisotopic (exact) mass is 439 g/mol. The van der Waals surface area contributed by atoms with Crippen LogP contribution in [-0.4, -0.2) is 72.7 Å². The third-order valence-electron chi connectivity index (χ3n) is 5.72. The van der Waals surface area contributed by atoms with Crippen molar-refractivity contribution in [3.63, 3.8) is 0 Å². The largest absolute Gasteiger partial charge is 0.384 e. The van der Waals surface area contributed by atoms with E-state index in [4.69, 9.17) is 10.00 Å². The van der Waals surface area contributed by atoms with Crippen LogP contribution < -0.4 is 10.2 Å². The molecule has 0 aliphatic carbocycles. The van der Waals surface area contributed by atoms with Gasteiger partial charge in [0.15, 0.2) is 0 Å². The number of pyridine rings is 1. The van der Waals surface area contributed by atoms with Crippen molar-refractivity contribution in [2.45, 2.75) is 13.0 Å². The number of aromatic nitrogens is 1. The molecule has 0 spiro atoms. The van der Waals surface area contributed by atoms with Crippen LogP contribution in [0.15, 0.2) is 30.5 Å². The minimum absolute atomic E-state index is 0.133. The zero-order valence-electron chi connectivity index (χ0n) is 17.6. The number of nitrogens with one attached hydrogen (secondary N) is 1. The highest BCUT2D eigenvalue weighted by Crippen LogP contribution is 2.35. The molecule has 1 aromatic carbocycles. The van der Waals surface area contributed by atoms with E-state index < -0.39 is 6.04 Å². The van der Waals surface area contributed by atoms with Crippen molar-refractivity contribution in [1.29, 1.82) is 5.26 Å². The van der Waals surface area contributed by atoms with Gasteiger partial charge in [0.1, 0.15) is 6.04 Å². The first-order chi connectivity index (χ1) is 14.9. The molecule has 2 amide bonds. The van der Waals surface area contributed by atoms with E-state index in [9.17, 15) is 9.59 Å². The minimum Gasteiger partial charge on any atom is -0.384 e. The van der Waals surface area contributed by atoms with Gasteiger partial charge in [0.25, 0.3) is 5.91 Å². The molecule has 2 aliphatic heterocycles. The molecule has 9 heteroatoms. The zero-order valence-corrected chi connectivity index (χ0v) is 18.4. The minimum atomic E-state index is -0.431. The van der Waals surface area contributed by atoms with Crippen LogP contribution in [0.1, 0.15) is 17.3 Å². The van der Waals surface area contributed by atoms with Gasteiger partial charge in [0.2, 0.25) is 5.91 Å². The number of methoxy groups -OCH3 is 1. The standard InChI is InChI=1S/C22H25N5O3S/c1-22(13-30-2)11-26(12-22)15-3-4-19-18(7-15)17(5-6-24-19)21(29)25-9-20(28)27-14-31-10-16(27)8-23/h3-7,16H,9-14H2,1-2H3,(H,25,29)/t16-/m1/s1. The summed E-state index contributed by atoms with van der Waals surface area (Å²) in [5.74, 6) is 0.508. The number of carbonyl (C=O) groups excluding carboxylic acids is 2. The van der Waals surface area contributed by atoms with Gasteiger partial charge in [-0.25, -0.2) is 0 Å². The smallest absolute Gasteiger partial charge is 0.252 e.